The van der Waals surface area contributed by atoms with Crippen molar-refractivity contribution >= 4 is 17.2 Å². The van der Waals surface area contributed by atoms with Crippen LogP contribution in [-0.4, -0.2) is 20.5 Å². The molecule has 1 N–H and O–H groups in total. The van der Waals surface area contributed by atoms with Crippen molar-refractivity contribution in [3.8, 4) is 11.6 Å². The first-order valence-corrected chi connectivity index (χ1v) is 7.73. The molecule has 1 amide bonds. The summed E-state index contributed by atoms with van der Waals surface area (Å²) < 4.78 is 7.37. The number of nitrogens with zero attached hydrogens (tertiary/aromatic N) is 3. The van der Waals surface area contributed by atoms with Crippen LogP contribution in [0.3, 0.4) is 0 Å². The van der Waals surface area contributed by atoms with E-state index >= 15 is 0 Å². The van der Waals surface area contributed by atoms with E-state index in [2.05, 4.69) is 15.4 Å². The molecule has 2 aromatic heterocycles. The summed E-state index contributed by atoms with van der Waals surface area (Å²) in [6.07, 6.45) is 3.43. The molecule has 0 fully saturated rings. The number of nitrogens with one attached hydrogen (secondary N) is 1. The normalized spacial score (nSPS) is 10.6. The van der Waals surface area contributed by atoms with E-state index < -0.39 is 0 Å². The number of hydrogen-bond donors (Lipinski definition) is 1. The number of amides is 1. The Kier molecular flexibility index (Phi) is 3.84. The minimum atomic E-state index is -0.151. The summed E-state index contributed by atoms with van der Waals surface area (Å²) in [7, 11) is 0. The molecule has 4 aromatic rings. The van der Waals surface area contributed by atoms with E-state index in [1.807, 2.05) is 24.3 Å². The van der Waals surface area contributed by atoms with E-state index in [1.165, 1.54) is 0 Å². The molecular weight excluding hydrogens is 316 g/mol. The van der Waals surface area contributed by atoms with Crippen LogP contribution in [0.25, 0.3) is 5.65 Å². The van der Waals surface area contributed by atoms with E-state index in [1.54, 1.807) is 59.4 Å². The summed E-state index contributed by atoms with van der Waals surface area (Å²) in [6, 6.07) is 19.8. The second kappa shape index (κ2) is 6.45. The molecule has 0 aliphatic rings. The van der Waals surface area contributed by atoms with Crippen molar-refractivity contribution in [1.82, 2.24) is 14.6 Å². The topological polar surface area (TPSA) is 68.5 Å². The quantitative estimate of drug-likeness (QED) is 0.618. The Morgan fingerprint density at radius 2 is 1.76 bits per heavy atom. The number of rotatable bonds is 4. The van der Waals surface area contributed by atoms with Crippen LogP contribution in [0.1, 0.15) is 10.4 Å². The highest BCUT2D eigenvalue weighted by molar-refractivity contribution is 6.04. The third kappa shape index (κ3) is 3.32. The summed E-state index contributed by atoms with van der Waals surface area (Å²) in [5, 5.41) is 7.15. The molecule has 25 heavy (non-hydrogen) atoms. The standard InChI is InChI=1S/C19H14N4O2/c24-19(14-4-2-1-3-5-14)21-15-6-8-16(9-7-15)25-18-11-10-17-20-12-13-23(17)22-18/h1-13H,(H,21,24). The lowest BCUT2D eigenvalue weighted by Crippen LogP contribution is -2.11. The smallest absolute Gasteiger partial charge is 0.255 e. The van der Waals surface area contributed by atoms with E-state index in [0.29, 0.717) is 22.9 Å². The average Bonchev–Trinajstić information content (AvgIpc) is 3.12. The first-order chi connectivity index (χ1) is 12.3. The zero-order valence-electron chi connectivity index (χ0n) is 13.2. The third-order valence-electron chi connectivity index (χ3n) is 3.60. The van der Waals surface area contributed by atoms with Gasteiger partial charge in [0.2, 0.25) is 5.88 Å². The first kappa shape index (κ1) is 14.9. The summed E-state index contributed by atoms with van der Waals surface area (Å²) in [6.45, 7) is 0. The highest BCUT2D eigenvalue weighted by Gasteiger charge is 2.06. The van der Waals surface area contributed by atoms with Crippen molar-refractivity contribution in [1.29, 1.82) is 0 Å². The number of imidazole rings is 1. The van der Waals surface area contributed by atoms with Gasteiger partial charge in [-0.2, -0.15) is 0 Å². The molecule has 0 saturated carbocycles. The van der Waals surface area contributed by atoms with Crippen LogP contribution in [0.4, 0.5) is 5.69 Å². The van der Waals surface area contributed by atoms with E-state index in [4.69, 9.17) is 4.74 Å². The van der Waals surface area contributed by atoms with Crippen molar-refractivity contribution in [3.05, 3.63) is 84.7 Å². The maximum absolute atomic E-state index is 12.1. The summed E-state index contributed by atoms with van der Waals surface area (Å²) >= 11 is 0. The number of hydrogen-bond acceptors (Lipinski definition) is 4. The Hall–Kier alpha value is -3.67. The van der Waals surface area contributed by atoms with Crippen LogP contribution < -0.4 is 10.1 Å². The summed E-state index contributed by atoms with van der Waals surface area (Å²) in [4.78, 5) is 16.3. The number of carbonyl (C=O) groups is 1. The van der Waals surface area contributed by atoms with Gasteiger partial charge in [0, 0.05) is 29.7 Å². The summed E-state index contributed by atoms with van der Waals surface area (Å²) in [5.41, 5.74) is 2.06. The molecule has 2 aromatic carbocycles. The number of carbonyl (C=O) groups excluding carboxylic acids is 1. The Balaban J connectivity index is 1.45. The lowest BCUT2D eigenvalue weighted by molar-refractivity contribution is 0.102. The molecule has 6 nitrogen and oxygen atoms in total. The maximum atomic E-state index is 12.1. The van der Waals surface area contributed by atoms with Crippen LogP contribution in [0.15, 0.2) is 79.1 Å². The molecule has 0 aliphatic carbocycles. The van der Waals surface area contributed by atoms with Crippen LogP contribution in [-0.2, 0) is 0 Å². The predicted octanol–water partition coefficient (Wildman–Crippen LogP) is 3.77. The number of fused-ring (bicyclic) bond motifs is 1. The zero-order valence-corrected chi connectivity index (χ0v) is 13.2. The van der Waals surface area contributed by atoms with Gasteiger partial charge >= 0.3 is 0 Å². The van der Waals surface area contributed by atoms with E-state index in [-0.39, 0.29) is 5.91 Å². The number of aromatic nitrogens is 3. The molecule has 0 bridgehead atoms. The Morgan fingerprint density at radius 3 is 2.56 bits per heavy atom. The SMILES string of the molecule is O=C(Nc1ccc(Oc2ccc3nccn3n2)cc1)c1ccccc1. The predicted molar refractivity (Wildman–Crippen MR) is 93.9 cm³/mol. The van der Waals surface area contributed by atoms with Gasteiger partial charge in [-0.15, -0.1) is 5.10 Å². The molecule has 0 unspecified atom stereocenters. The van der Waals surface area contributed by atoms with Crippen LogP contribution in [0.2, 0.25) is 0 Å². The van der Waals surface area contributed by atoms with Crippen LogP contribution >= 0.6 is 0 Å². The van der Waals surface area contributed by atoms with Crippen molar-refractivity contribution in [2.75, 3.05) is 5.32 Å². The lowest BCUT2D eigenvalue weighted by atomic mass is 10.2. The highest BCUT2D eigenvalue weighted by atomic mass is 16.5. The van der Waals surface area contributed by atoms with Gasteiger partial charge < -0.3 is 10.1 Å². The average molecular weight is 330 g/mol. The van der Waals surface area contributed by atoms with Crippen molar-refractivity contribution in [2.45, 2.75) is 0 Å². The van der Waals surface area contributed by atoms with E-state index in [9.17, 15) is 4.79 Å². The molecule has 0 aliphatic heterocycles. The molecule has 0 spiro atoms. The fraction of sp³-hybridized carbons (Fsp3) is 0. The molecule has 0 radical (unpaired) electrons. The molecule has 0 atom stereocenters. The number of ether oxygens (including phenoxy) is 1. The molecule has 0 saturated heterocycles. The molecule has 6 heteroatoms. The van der Waals surface area contributed by atoms with Crippen LogP contribution in [0.5, 0.6) is 11.6 Å². The molecule has 2 heterocycles. The van der Waals surface area contributed by atoms with E-state index in [0.717, 1.165) is 5.65 Å². The highest BCUT2D eigenvalue weighted by Crippen LogP contribution is 2.22. The van der Waals surface area contributed by atoms with Gasteiger partial charge in [-0.25, -0.2) is 9.50 Å². The largest absolute Gasteiger partial charge is 0.438 e. The Labute approximate surface area is 143 Å². The van der Waals surface area contributed by atoms with Crippen molar-refractivity contribution < 1.29 is 9.53 Å². The van der Waals surface area contributed by atoms with Gasteiger partial charge in [0.1, 0.15) is 5.75 Å². The van der Waals surface area contributed by atoms with Gasteiger partial charge in [0.25, 0.3) is 5.91 Å². The van der Waals surface area contributed by atoms with Crippen molar-refractivity contribution in [3.63, 3.8) is 0 Å². The van der Waals surface area contributed by atoms with Crippen molar-refractivity contribution in [2.24, 2.45) is 0 Å². The van der Waals surface area contributed by atoms with Gasteiger partial charge in [0.05, 0.1) is 0 Å². The minimum absolute atomic E-state index is 0.151. The molecule has 4 rings (SSSR count). The maximum Gasteiger partial charge on any atom is 0.255 e. The molecule has 122 valence electrons. The Bertz CT molecular complexity index is 1010. The monoisotopic (exact) mass is 330 g/mol. The number of anilines is 1. The minimum Gasteiger partial charge on any atom is -0.438 e. The van der Waals surface area contributed by atoms with Gasteiger partial charge in [-0.3, -0.25) is 4.79 Å². The van der Waals surface area contributed by atoms with Crippen LogP contribution in [0, 0.1) is 0 Å². The van der Waals surface area contributed by atoms with Gasteiger partial charge in [0.15, 0.2) is 5.65 Å². The third-order valence-corrected chi connectivity index (χ3v) is 3.60. The first-order valence-electron chi connectivity index (χ1n) is 7.73. The van der Waals surface area contributed by atoms with Gasteiger partial charge in [-0.05, 0) is 42.5 Å². The fourth-order valence-corrected chi connectivity index (χ4v) is 2.37. The summed E-state index contributed by atoms with van der Waals surface area (Å²) in [5.74, 6) is 0.942. The Morgan fingerprint density at radius 1 is 0.960 bits per heavy atom. The second-order valence-electron chi connectivity index (χ2n) is 5.35. The second-order valence-corrected chi connectivity index (χ2v) is 5.35. The fourth-order valence-electron chi connectivity index (χ4n) is 2.37. The number of benzene rings is 2. The lowest BCUT2D eigenvalue weighted by Gasteiger charge is -2.08. The van der Waals surface area contributed by atoms with Gasteiger partial charge in [-0.1, -0.05) is 18.2 Å². The molecular formula is C19H14N4O2. The zero-order chi connectivity index (χ0) is 17.1.